The van der Waals surface area contributed by atoms with E-state index in [-0.39, 0.29) is 54.6 Å². The van der Waals surface area contributed by atoms with Crippen molar-refractivity contribution in [1.29, 1.82) is 0 Å². The number of rotatable bonds is 3. The highest BCUT2D eigenvalue weighted by Gasteiger charge is 2.65. The van der Waals surface area contributed by atoms with Crippen LogP contribution in [0, 0.1) is 11.3 Å². The Balaban J connectivity index is 0.996. The fourth-order valence-corrected chi connectivity index (χ4v) is 6.42. The predicted molar refractivity (Wildman–Crippen MR) is 113 cm³/mol. The number of piperidine rings is 1. The van der Waals surface area contributed by atoms with Gasteiger partial charge in [-0.15, -0.1) is 0 Å². The average molecular weight is 480 g/mol. The number of morpholine rings is 1. The van der Waals surface area contributed by atoms with Crippen molar-refractivity contribution in [1.82, 2.24) is 25.1 Å². The molecule has 1 N–H and O–H groups in total. The Kier molecular flexibility index (Phi) is 4.89. The van der Waals surface area contributed by atoms with Gasteiger partial charge in [-0.2, -0.15) is 13.2 Å². The van der Waals surface area contributed by atoms with Gasteiger partial charge in [-0.05, 0) is 50.5 Å². The lowest BCUT2D eigenvalue weighted by molar-refractivity contribution is -0.161. The molecule has 1 spiro atoms. The molecule has 0 bridgehead atoms. The first-order valence-corrected chi connectivity index (χ1v) is 12.0. The van der Waals surface area contributed by atoms with Crippen molar-refractivity contribution < 1.29 is 27.5 Å². The van der Waals surface area contributed by atoms with E-state index in [0.29, 0.717) is 50.6 Å². The normalized spacial score (nSPS) is 29.7. The van der Waals surface area contributed by atoms with Crippen LogP contribution in [0.4, 0.5) is 18.0 Å². The second-order valence-corrected chi connectivity index (χ2v) is 10.8. The molecule has 3 saturated heterocycles. The number of nitrogens with one attached hydrogen (secondary N) is 1. The number of ether oxygens (including phenoxy) is 1. The third kappa shape index (κ3) is 3.63. The predicted octanol–water partition coefficient (Wildman–Crippen LogP) is 2.03. The summed E-state index contributed by atoms with van der Waals surface area (Å²) < 4.78 is 45.8. The molecule has 0 radical (unpaired) electrons. The molecular weight excluding hydrogens is 451 g/mol. The molecule has 5 fully saturated rings. The van der Waals surface area contributed by atoms with Crippen LogP contribution in [0.3, 0.4) is 0 Å². The Bertz CT molecular complexity index is 1000. The monoisotopic (exact) mass is 479 g/mol. The number of alkyl halides is 3. The number of amides is 3. The lowest BCUT2D eigenvalue weighted by Crippen LogP contribution is -2.68. The Morgan fingerprint density at radius 1 is 1.21 bits per heavy atom. The summed E-state index contributed by atoms with van der Waals surface area (Å²) in [5, 5.41) is 2.92. The second-order valence-electron chi connectivity index (χ2n) is 10.8. The maximum atomic E-state index is 13.4. The van der Waals surface area contributed by atoms with Crippen molar-refractivity contribution >= 4 is 11.9 Å². The van der Waals surface area contributed by atoms with Crippen molar-refractivity contribution in [2.45, 2.75) is 62.3 Å². The van der Waals surface area contributed by atoms with Crippen molar-refractivity contribution in [2.24, 2.45) is 11.3 Å². The van der Waals surface area contributed by atoms with Gasteiger partial charge in [0, 0.05) is 37.3 Å². The van der Waals surface area contributed by atoms with Gasteiger partial charge in [-0.1, -0.05) is 0 Å². The molecule has 3 aliphatic heterocycles. The van der Waals surface area contributed by atoms with Gasteiger partial charge in [-0.25, -0.2) is 14.8 Å². The zero-order valence-corrected chi connectivity index (χ0v) is 18.8. The molecule has 2 atom stereocenters. The summed E-state index contributed by atoms with van der Waals surface area (Å²) in [5.74, 6) is 0.229. The van der Waals surface area contributed by atoms with E-state index in [1.54, 1.807) is 11.0 Å². The van der Waals surface area contributed by atoms with E-state index in [9.17, 15) is 22.8 Å². The fourth-order valence-electron chi connectivity index (χ4n) is 6.42. The number of likely N-dealkylation sites (tertiary alicyclic amines) is 2. The number of hydrogen-bond donors (Lipinski definition) is 1. The molecule has 2 saturated carbocycles. The minimum absolute atomic E-state index is 0.00896. The number of urea groups is 1. The molecule has 0 unspecified atom stereocenters. The lowest BCUT2D eigenvalue weighted by Gasteiger charge is -2.60. The molecular formula is C23H28F3N5O3. The van der Waals surface area contributed by atoms with Crippen LogP contribution < -0.4 is 5.32 Å². The van der Waals surface area contributed by atoms with E-state index in [4.69, 9.17) is 4.74 Å². The van der Waals surface area contributed by atoms with E-state index in [1.807, 2.05) is 4.90 Å². The average Bonchev–Trinajstić information content (AvgIpc) is 3.56. The number of carbonyl (C=O) groups is 2. The third-order valence-electron chi connectivity index (χ3n) is 8.37. The SMILES string of the molecule is O=C1CO[C@H]2CCN(C(=O)N3CC4(CC(Cc5cc(C6(C(F)(F)F)CC6)ncn5)C4)C3)C[C@H]2N1. The van der Waals surface area contributed by atoms with E-state index >= 15 is 0 Å². The molecule has 3 amide bonds. The maximum absolute atomic E-state index is 13.4. The second kappa shape index (κ2) is 7.53. The van der Waals surface area contributed by atoms with Crippen LogP contribution in [0.25, 0.3) is 0 Å². The van der Waals surface area contributed by atoms with Crippen LogP contribution in [-0.2, 0) is 21.4 Å². The quantitative estimate of drug-likeness (QED) is 0.717. The molecule has 34 heavy (non-hydrogen) atoms. The molecule has 4 heterocycles. The molecule has 2 aliphatic carbocycles. The van der Waals surface area contributed by atoms with Crippen molar-refractivity contribution in [3.05, 3.63) is 23.8 Å². The van der Waals surface area contributed by atoms with E-state index in [2.05, 4.69) is 15.3 Å². The topological polar surface area (TPSA) is 87.7 Å². The first-order chi connectivity index (χ1) is 16.2. The van der Waals surface area contributed by atoms with Gasteiger partial charge < -0.3 is 19.9 Å². The van der Waals surface area contributed by atoms with E-state index < -0.39 is 11.6 Å². The summed E-state index contributed by atoms with van der Waals surface area (Å²) in [4.78, 5) is 36.4. The zero-order chi connectivity index (χ0) is 23.7. The minimum atomic E-state index is -4.27. The largest absolute Gasteiger partial charge is 0.399 e. The van der Waals surface area contributed by atoms with Crippen LogP contribution in [0.15, 0.2) is 12.4 Å². The van der Waals surface area contributed by atoms with Crippen molar-refractivity contribution in [3.63, 3.8) is 0 Å². The van der Waals surface area contributed by atoms with Crippen LogP contribution in [0.2, 0.25) is 0 Å². The smallest absolute Gasteiger partial charge is 0.366 e. The van der Waals surface area contributed by atoms with Gasteiger partial charge >= 0.3 is 12.2 Å². The van der Waals surface area contributed by atoms with Gasteiger partial charge in [0.2, 0.25) is 5.91 Å². The Morgan fingerprint density at radius 2 is 1.97 bits per heavy atom. The maximum Gasteiger partial charge on any atom is 0.399 e. The standard InChI is InChI=1S/C23H28F3N5O3/c24-23(25,26)22(2-3-22)18-6-15(27-13-28-18)5-14-7-21(8-14)11-31(12-21)20(33)30-4-1-17-16(9-30)29-19(32)10-34-17/h6,13-14,16-17H,1-5,7-12H2,(H,29,32)/t16-,17+/m1/s1. The number of carbonyl (C=O) groups excluding carboxylic acids is 2. The molecule has 1 aromatic rings. The highest BCUT2D eigenvalue weighted by atomic mass is 19.4. The Hall–Kier alpha value is -2.43. The molecule has 0 aromatic carbocycles. The molecule has 184 valence electrons. The minimum Gasteiger partial charge on any atom is -0.366 e. The zero-order valence-electron chi connectivity index (χ0n) is 18.8. The summed E-state index contributed by atoms with van der Waals surface area (Å²) >= 11 is 0. The van der Waals surface area contributed by atoms with Gasteiger partial charge in [0.25, 0.3) is 0 Å². The van der Waals surface area contributed by atoms with E-state index in [0.717, 1.165) is 12.8 Å². The lowest BCUT2D eigenvalue weighted by atomic mass is 9.57. The van der Waals surface area contributed by atoms with E-state index in [1.165, 1.54) is 6.33 Å². The summed E-state index contributed by atoms with van der Waals surface area (Å²) in [5.41, 5.74) is -0.878. The summed E-state index contributed by atoms with van der Waals surface area (Å²) in [6, 6.07) is 1.40. The molecule has 8 nitrogen and oxygen atoms in total. The van der Waals surface area contributed by atoms with Crippen LogP contribution in [0.1, 0.15) is 43.5 Å². The number of aromatic nitrogens is 2. The van der Waals surface area contributed by atoms with Crippen molar-refractivity contribution in [3.8, 4) is 0 Å². The third-order valence-corrected chi connectivity index (χ3v) is 8.37. The number of halogens is 3. The van der Waals surface area contributed by atoms with Crippen molar-refractivity contribution in [2.75, 3.05) is 32.8 Å². The van der Waals surface area contributed by atoms with Gasteiger partial charge in [-0.3, -0.25) is 4.79 Å². The molecule has 11 heteroatoms. The highest BCUT2D eigenvalue weighted by molar-refractivity contribution is 5.79. The van der Waals surface area contributed by atoms with Crippen LogP contribution >= 0.6 is 0 Å². The number of nitrogens with zero attached hydrogens (tertiary/aromatic N) is 4. The fraction of sp³-hybridized carbons (Fsp3) is 0.739. The number of hydrogen-bond acceptors (Lipinski definition) is 5. The van der Waals surface area contributed by atoms with Gasteiger partial charge in [0.05, 0.1) is 17.8 Å². The summed E-state index contributed by atoms with van der Waals surface area (Å²) in [6.45, 7) is 2.60. The number of fused-ring (bicyclic) bond motifs is 1. The first kappa shape index (κ1) is 22.1. The van der Waals surface area contributed by atoms with Crippen LogP contribution in [-0.4, -0.2) is 82.8 Å². The summed E-state index contributed by atoms with van der Waals surface area (Å²) in [7, 11) is 0. The molecule has 6 rings (SSSR count). The first-order valence-electron chi connectivity index (χ1n) is 12.0. The van der Waals surface area contributed by atoms with Gasteiger partial charge in [0.15, 0.2) is 0 Å². The Labute approximate surface area is 195 Å². The van der Waals surface area contributed by atoms with Gasteiger partial charge in [0.1, 0.15) is 18.3 Å². The van der Waals surface area contributed by atoms with Crippen LogP contribution in [0.5, 0.6) is 0 Å². The molecule has 5 aliphatic rings. The highest BCUT2D eigenvalue weighted by Crippen LogP contribution is 2.58. The Morgan fingerprint density at radius 3 is 2.68 bits per heavy atom. The molecule has 1 aromatic heterocycles. The summed E-state index contributed by atoms with van der Waals surface area (Å²) in [6.07, 6.45) is 0.434.